The molecule has 112 valence electrons. The standard InChI is InChI=1S/C16H25NO3/c1-5-17(6-2)10-13(3)12-20-15-8-7-14(11-18)9-16(15)19-4/h7-9,11,13H,5-6,10,12H2,1-4H3. The van der Waals surface area contributed by atoms with Crippen LogP contribution in [0.2, 0.25) is 0 Å². The first kappa shape index (κ1) is 16.5. The van der Waals surface area contributed by atoms with Gasteiger partial charge in [-0.15, -0.1) is 0 Å². The van der Waals surface area contributed by atoms with Gasteiger partial charge in [-0.3, -0.25) is 4.79 Å². The third-order valence-electron chi connectivity index (χ3n) is 3.31. The molecule has 0 aliphatic rings. The molecule has 1 aromatic rings. The molecule has 0 saturated heterocycles. The zero-order valence-corrected chi connectivity index (χ0v) is 12.9. The molecule has 0 saturated carbocycles. The van der Waals surface area contributed by atoms with Gasteiger partial charge < -0.3 is 14.4 Å². The van der Waals surface area contributed by atoms with Gasteiger partial charge in [0.1, 0.15) is 6.29 Å². The summed E-state index contributed by atoms with van der Waals surface area (Å²) in [4.78, 5) is 13.1. The molecule has 4 heteroatoms. The van der Waals surface area contributed by atoms with Crippen LogP contribution in [0.15, 0.2) is 18.2 Å². The van der Waals surface area contributed by atoms with E-state index in [4.69, 9.17) is 9.47 Å². The Morgan fingerprint density at radius 1 is 1.25 bits per heavy atom. The van der Waals surface area contributed by atoms with Crippen LogP contribution in [0.1, 0.15) is 31.1 Å². The number of hydrogen-bond acceptors (Lipinski definition) is 4. The van der Waals surface area contributed by atoms with E-state index in [2.05, 4.69) is 25.7 Å². The first-order valence-electron chi connectivity index (χ1n) is 7.12. The highest BCUT2D eigenvalue weighted by atomic mass is 16.5. The van der Waals surface area contributed by atoms with Crippen molar-refractivity contribution >= 4 is 6.29 Å². The number of methoxy groups -OCH3 is 1. The van der Waals surface area contributed by atoms with Crippen molar-refractivity contribution in [1.82, 2.24) is 4.90 Å². The highest BCUT2D eigenvalue weighted by molar-refractivity contribution is 5.76. The maximum atomic E-state index is 10.7. The van der Waals surface area contributed by atoms with Crippen molar-refractivity contribution in [3.8, 4) is 11.5 Å². The normalized spacial score (nSPS) is 12.2. The van der Waals surface area contributed by atoms with Crippen LogP contribution in [-0.4, -0.2) is 44.5 Å². The molecule has 1 aromatic carbocycles. The van der Waals surface area contributed by atoms with Gasteiger partial charge in [0.2, 0.25) is 0 Å². The number of benzene rings is 1. The Morgan fingerprint density at radius 2 is 1.95 bits per heavy atom. The van der Waals surface area contributed by atoms with Gasteiger partial charge in [0.25, 0.3) is 0 Å². The Balaban J connectivity index is 2.58. The topological polar surface area (TPSA) is 38.8 Å². The van der Waals surface area contributed by atoms with Gasteiger partial charge in [0, 0.05) is 18.0 Å². The number of carbonyl (C=O) groups is 1. The highest BCUT2D eigenvalue weighted by Crippen LogP contribution is 2.27. The van der Waals surface area contributed by atoms with Crippen LogP contribution in [-0.2, 0) is 0 Å². The van der Waals surface area contributed by atoms with Crippen LogP contribution in [0, 0.1) is 5.92 Å². The van der Waals surface area contributed by atoms with E-state index in [0.717, 1.165) is 25.9 Å². The Morgan fingerprint density at radius 3 is 2.50 bits per heavy atom. The summed E-state index contributed by atoms with van der Waals surface area (Å²) in [6.07, 6.45) is 0.801. The molecule has 0 amide bonds. The zero-order chi connectivity index (χ0) is 15.0. The second-order valence-corrected chi connectivity index (χ2v) is 4.93. The first-order chi connectivity index (χ1) is 9.64. The van der Waals surface area contributed by atoms with Gasteiger partial charge in [0.05, 0.1) is 13.7 Å². The Labute approximate surface area is 121 Å². The molecule has 4 nitrogen and oxygen atoms in total. The fourth-order valence-corrected chi connectivity index (χ4v) is 2.08. The third-order valence-corrected chi connectivity index (χ3v) is 3.31. The molecule has 0 aromatic heterocycles. The van der Waals surface area contributed by atoms with Crippen LogP contribution in [0.25, 0.3) is 0 Å². The van der Waals surface area contributed by atoms with Gasteiger partial charge in [-0.05, 0) is 31.3 Å². The Kier molecular flexibility index (Phi) is 7.09. The van der Waals surface area contributed by atoms with Crippen LogP contribution < -0.4 is 9.47 Å². The quantitative estimate of drug-likeness (QED) is 0.652. The Hall–Kier alpha value is -1.55. The molecular weight excluding hydrogens is 254 g/mol. The number of ether oxygens (including phenoxy) is 2. The molecule has 1 atom stereocenters. The van der Waals surface area contributed by atoms with Gasteiger partial charge in [-0.1, -0.05) is 20.8 Å². The van der Waals surface area contributed by atoms with E-state index in [-0.39, 0.29) is 0 Å². The average Bonchev–Trinajstić information content (AvgIpc) is 2.50. The summed E-state index contributed by atoms with van der Waals surface area (Å²) in [6, 6.07) is 5.21. The van der Waals surface area contributed by atoms with Crippen molar-refractivity contribution in [3.63, 3.8) is 0 Å². The SMILES string of the molecule is CCN(CC)CC(C)COc1ccc(C=O)cc1OC. The van der Waals surface area contributed by atoms with Crippen molar-refractivity contribution < 1.29 is 14.3 Å². The van der Waals surface area contributed by atoms with Crippen LogP contribution >= 0.6 is 0 Å². The predicted octanol–water partition coefficient (Wildman–Crippen LogP) is 2.86. The van der Waals surface area contributed by atoms with Crippen molar-refractivity contribution in [1.29, 1.82) is 0 Å². The number of rotatable bonds is 9. The summed E-state index contributed by atoms with van der Waals surface area (Å²) in [6.45, 7) is 10.3. The van der Waals surface area contributed by atoms with E-state index in [1.54, 1.807) is 25.3 Å². The minimum absolute atomic E-state index is 0.436. The molecule has 0 bridgehead atoms. The second kappa shape index (κ2) is 8.59. The molecule has 0 aliphatic heterocycles. The maximum Gasteiger partial charge on any atom is 0.161 e. The van der Waals surface area contributed by atoms with Gasteiger partial charge >= 0.3 is 0 Å². The molecular formula is C16H25NO3. The smallest absolute Gasteiger partial charge is 0.161 e. The first-order valence-corrected chi connectivity index (χ1v) is 7.12. The third kappa shape index (κ3) is 4.85. The molecule has 1 rings (SSSR count). The van der Waals surface area contributed by atoms with Crippen LogP contribution in [0.5, 0.6) is 11.5 Å². The molecule has 0 N–H and O–H groups in total. The van der Waals surface area contributed by atoms with Crippen molar-refractivity contribution in [3.05, 3.63) is 23.8 Å². The number of hydrogen-bond donors (Lipinski definition) is 0. The lowest BCUT2D eigenvalue weighted by Gasteiger charge is -2.23. The summed E-state index contributed by atoms with van der Waals surface area (Å²) in [5.74, 6) is 1.72. The minimum atomic E-state index is 0.436. The van der Waals surface area contributed by atoms with E-state index >= 15 is 0 Å². The average molecular weight is 279 g/mol. The highest BCUT2D eigenvalue weighted by Gasteiger charge is 2.10. The summed E-state index contributed by atoms with van der Waals surface area (Å²) < 4.78 is 11.1. The van der Waals surface area contributed by atoms with Gasteiger partial charge in [-0.2, -0.15) is 0 Å². The molecule has 0 radical (unpaired) electrons. The molecule has 1 unspecified atom stereocenters. The second-order valence-electron chi connectivity index (χ2n) is 4.93. The van der Waals surface area contributed by atoms with Crippen molar-refractivity contribution in [2.45, 2.75) is 20.8 Å². The lowest BCUT2D eigenvalue weighted by molar-refractivity contribution is 0.112. The summed E-state index contributed by atoms with van der Waals surface area (Å²) >= 11 is 0. The maximum absolute atomic E-state index is 10.7. The molecule has 0 fully saturated rings. The monoisotopic (exact) mass is 279 g/mol. The molecule has 0 heterocycles. The number of carbonyl (C=O) groups excluding carboxylic acids is 1. The summed E-state index contributed by atoms with van der Waals surface area (Å²) in [5.41, 5.74) is 0.588. The summed E-state index contributed by atoms with van der Waals surface area (Å²) in [7, 11) is 1.58. The molecule has 20 heavy (non-hydrogen) atoms. The fraction of sp³-hybridized carbons (Fsp3) is 0.562. The lowest BCUT2D eigenvalue weighted by atomic mass is 10.2. The number of aldehydes is 1. The zero-order valence-electron chi connectivity index (χ0n) is 12.9. The predicted molar refractivity (Wildman–Crippen MR) is 80.8 cm³/mol. The lowest BCUT2D eigenvalue weighted by Crippen LogP contribution is -2.30. The van der Waals surface area contributed by atoms with Crippen LogP contribution in [0.4, 0.5) is 0 Å². The van der Waals surface area contributed by atoms with E-state index in [0.29, 0.717) is 29.6 Å². The van der Waals surface area contributed by atoms with Gasteiger partial charge in [0.15, 0.2) is 11.5 Å². The minimum Gasteiger partial charge on any atom is -0.493 e. The summed E-state index contributed by atoms with van der Waals surface area (Å²) in [5, 5.41) is 0. The van der Waals surface area contributed by atoms with Crippen molar-refractivity contribution in [2.24, 2.45) is 5.92 Å². The molecule has 0 spiro atoms. The van der Waals surface area contributed by atoms with E-state index in [9.17, 15) is 4.79 Å². The largest absolute Gasteiger partial charge is 0.493 e. The molecule has 0 aliphatic carbocycles. The van der Waals surface area contributed by atoms with E-state index in [1.807, 2.05) is 0 Å². The van der Waals surface area contributed by atoms with Crippen molar-refractivity contribution in [2.75, 3.05) is 33.4 Å². The van der Waals surface area contributed by atoms with Gasteiger partial charge in [-0.25, -0.2) is 0 Å². The van der Waals surface area contributed by atoms with E-state index < -0.39 is 0 Å². The fourth-order valence-electron chi connectivity index (χ4n) is 2.08. The van der Waals surface area contributed by atoms with E-state index in [1.165, 1.54) is 0 Å². The number of nitrogens with zero attached hydrogens (tertiary/aromatic N) is 1. The van der Waals surface area contributed by atoms with Crippen LogP contribution in [0.3, 0.4) is 0 Å². The Bertz CT molecular complexity index is 416.